The summed E-state index contributed by atoms with van der Waals surface area (Å²) in [5, 5.41) is 0. The third kappa shape index (κ3) is 2.88. The molecule has 2 aliphatic rings. The van der Waals surface area contributed by atoms with Gasteiger partial charge in [-0.3, -0.25) is 4.79 Å². The lowest BCUT2D eigenvalue weighted by molar-refractivity contribution is -0.133. The van der Waals surface area contributed by atoms with Gasteiger partial charge in [0.05, 0.1) is 0 Å². The van der Waals surface area contributed by atoms with Crippen molar-refractivity contribution in [1.82, 2.24) is 4.90 Å². The quantitative estimate of drug-likeness (QED) is 0.773. The van der Waals surface area contributed by atoms with E-state index in [0.29, 0.717) is 6.42 Å². The van der Waals surface area contributed by atoms with Crippen LogP contribution in [0.25, 0.3) is 0 Å². The van der Waals surface area contributed by atoms with E-state index in [9.17, 15) is 4.79 Å². The molecule has 86 valence electrons. The molecule has 0 unspecified atom stereocenters. The molecule has 2 N–H and O–H groups in total. The van der Waals surface area contributed by atoms with Crippen molar-refractivity contribution in [3.8, 4) is 0 Å². The first-order chi connectivity index (χ1) is 7.20. The zero-order valence-electron chi connectivity index (χ0n) is 9.21. The van der Waals surface area contributed by atoms with Crippen molar-refractivity contribution >= 4 is 17.7 Å². The maximum atomic E-state index is 12.0. The Morgan fingerprint density at radius 2 is 2.07 bits per heavy atom. The highest BCUT2D eigenvalue weighted by Gasteiger charge is 2.35. The predicted octanol–water partition coefficient (Wildman–Crippen LogP) is 1.22. The van der Waals surface area contributed by atoms with Crippen molar-refractivity contribution in [2.45, 2.75) is 37.6 Å². The summed E-state index contributed by atoms with van der Waals surface area (Å²) in [6.45, 7) is 1.85. The van der Waals surface area contributed by atoms with Crippen molar-refractivity contribution in [2.75, 3.05) is 24.6 Å². The Labute approximate surface area is 95.8 Å². The molecule has 1 saturated carbocycles. The summed E-state index contributed by atoms with van der Waals surface area (Å²) in [5.74, 6) is 2.56. The molecule has 0 spiro atoms. The molecule has 2 fully saturated rings. The normalized spacial score (nSPS) is 25.5. The molecule has 1 aliphatic heterocycles. The van der Waals surface area contributed by atoms with Gasteiger partial charge in [-0.2, -0.15) is 11.8 Å². The van der Waals surface area contributed by atoms with Gasteiger partial charge in [0, 0.05) is 30.8 Å². The zero-order valence-corrected chi connectivity index (χ0v) is 10.0. The third-order valence-electron chi connectivity index (χ3n) is 3.43. The van der Waals surface area contributed by atoms with Crippen molar-refractivity contribution in [1.29, 1.82) is 0 Å². The summed E-state index contributed by atoms with van der Waals surface area (Å²) in [7, 11) is 0. The maximum absolute atomic E-state index is 12.0. The molecule has 4 heteroatoms. The van der Waals surface area contributed by atoms with Crippen molar-refractivity contribution in [3.05, 3.63) is 0 Å². The number of thioether (sulfide) groups is 1. The Balaban J connectivity index is 1.83. The van der Waals surface area contributed by atoms with E-state index < -0.39 is 0 Å². The van der Waals surface area contributed by atoms with E-state index in [1.807, 2.05) is 16.7 Å². The van der Waals surface area contributed by atoms with E-state index in [2.05, 4.69) is 0 Å². The fraction of sp³-hybridized carbons (Fsp3) is 0.909. The molecule has 0 aromatic carbocycles. The lowest BCUT2D eigenvalue weighted by Crippen LogP contribution is -2.50. The molecule has 1 saturated heterocycles. The number of carbonyl (C=O) groups is 1. The van der Waals surface area contributed by atoms with E-state index in [-0.39, 0.29) is 11.4 Å². The van der Waals surface area contributed by atoms with Gasteiger partial charge in [0.2, 0.25) is 5.91 Å². The zero-order chi connectivity index (χ0) is 10.7. The summed E-state index contributed by atoms with van der Waals surface area (Å²) >= 11 is 1.95. The number of rotatable bonds is 2. The van der Waals surface area contributed by atoms with Crippen LogP contribution in [0.4, 0.5) is 0 Å². The summed E-state index contributed by atoms with van der Waals surface area (Å²) < 4.78 is 0. The second kappa shape index (κ2) is 4.74. The van der Waals surface area contributed by atoms with E-state index in [0.717, 1.165) is 38.1 Å². The SMILES string of the molecule is NC1(CC(=O)N2CCCSCC2)CCC1. The molecule has 0 aromatic rings. The lowest BCUT2D eigenvalue weighted by Gasteiger charge is -2.38. The average molecular weight is 228 g/mol. The van der Waals surface area contributed by atoms with Crippen LogP contribution in [0.1, 0.15) is 32.1 Å². The van der Waals surface area contributed by atoms with Crippen molar-refractivity contribution in [2.24, 2.45) is 5.73 Å². The minimum absolute atomic E-state index is 0.156. The van der Waals surface area contributed by atoms with Crippen LogP contribution in [0.15, 0.2) is 0 Å². The Morgan fingerprint density at radius 3 is 2.73 bits per heavy atom. The molecule has 0 atom stereocenters. The van der Waals surface area contributed by atoms with E-state index in [1.54, 1.807) is 0 Å². The van der Waals surface area contributed by atoms with E-state index in [4.69, 9.17) is 5.73 Å². The van der Waals surface area contributed by atoms with E-state index >= 15 is 0 Å². The molecular weight excluding hydrogens is 208 g/mol. The second-order valence-corrected chi connectivity index (χ2v) is 5.96. The first-order valence-electron chi connectivity index (χ1n) is 5.84. The van der Waals surface area contributed by atoms with Crippen LogP contribution < -0.4 is 5.73 Å². The van der Waals surface area contributed by atoms with Gasteiger partial charge in [0.1, 0.15) is 0 Å². The van der Waals surface area contributed by atoms with Crippen LogP contribution in [0.2, 0.25) is 0 Å². The van der Waals surface area contributed by atoms with Crippen LogP contribution in [0.5, 0.6) is 0 Å². The summed E-state index contributed by atoms with van der Waals surface area (Å²) in [4.78, 5) is 14.0. The van der Waals surface area contributed by atoms with Crippen LogP contribution in [-0.2, 0) is 4.79 Å². The van der Waals surface area contributed by atoms with Crippen LogP contribution in [-0.4, -0.2) is 40.9 Å². The average Bonchev–Trinajstić information content (AvgIpc) is 2.43. The number of hydrogen-bond acceptors (Lipinski definition) is 3. The van der Waals surface area contributed by atoms with Gasteiger partial charge in [0.15, 0.2) is 0 Å². The van der Waals surface area contributed by atoms with Gasteiger partial charge < -0.3 is 10.6 Å². The van der Waals surface area contributed by atoms with Gasteiger partial charge in [-0.15, -0.1) is 0 Å². The fourth-order valence-corrected chi connectivity index (χ4v) is 3.10. The summed E-state index contributed by atoms with van der Waals surface area (Å²) in [6.07, 6.45) is 4.95. The second-order valence-electron chi connectivity index (χ2n) is 4.74. The Bertz CT molecular complexity index is 233. The van der Waals surface area contributed by atoms with Gasteiger partial charge in [-0.25, -0.2) is 0 Å². The van der Waals surface area contributed by atoms with Gasteiger partial charge in [-0.05, 0) is 31.4 Å². The summed E-state index contributed by atoms with van der Waals surface area (Å²) in [6, 6.07) is 0. The Morgan fingerprint density at radius 1 is 1.27 bits per heavy atom. The van der Waals surface area contributed by atoms with Crippen LogP contribution in [0, 0.1) is 0 Å². The van der Waals surface area contributed by atoms with Crippen molar-refractivity contribution in [3.63, 3.8) is 0 Å². The standard InChI is InChI=1S/C11H20N2OS/c12-11(3-1-4-11)9-10(14)13-5-2-7-15-8-6-13/h1-9,12H2. The highest BCUT2D eigenvalue weighted by Crippen LogP contribution is 2.32. The van der Waals surface area contributed by atoms with Crippen LogP contribution in [0.3, 0.4) is 0 Å². The minimum atomic E-state index is -0.156. The van der Waals surface area contributed by atoms with Gasteiger partial charge >= 0.3 is 0 Å². The molecule has 1 amide bonds. The number of carbonyl (C=O) groups excluding carboxylic acids is 1. The molecular formula is C11H20N2OS. The topological polar surface area (TPSA) is 46.3 Å². The molecule has 0 radical (unpaired) electrons. The first kappa shape index (κ1) is 11.3. The monoisotopic (exact) mass is 228 g/mol. The molecule has 2 rings (SSSR count). The smallest absolute Gasteiger partial charge is 0.224 e. The molecule has 0 bridgehead atoms. The molecule has 1 aliphatic carbocycles. The van der Waals surface area contributed by atoms with Crippen molar-refractivity contribution < 1.29 is 4.79 Å². The summed E-state index contributed by atoms with van der Waals surface area (Å²) in [5.41, 5.74) is 5.94. The number of hydrogen-bond donors (Lipinski definition) is 1. The highest BCUT2D eigenvalue weighted by molar-refractivity contribution is 7.99. The molecule has 0 aromatic heterocycles. The Kier molecular flexibility index (Phi) is 3.57. The molecule has 1 heterocycles. The molecule has 15 heavy (non-hydrogen) atoms. The highest BCUT2D eigenvalue weighted by atomic mass is 32.2. The minimum Gasteiger partial charge on any atom is -0.342 e. The van der Waals surface area contributed by atoms with Gasteiger partial charge in [0.25, 0.3) is 0 Å². The first-order valence-corrected chi connectivity index (χ1v) is 7.00. The maximum Gasteiger partial charge on any atom is 0.224 e. The number of nitrogens with two attached hydrogens (primary N) is 1. The third-order valence-corrected chi connectivity index (χ3v) is 4.48. The number of nitrogens with zero attached hydrogens (tertiary/aromatic N) is 1. The number of amides is 1. The fourth-order valence-electron chi connectivity index (χ4n) is 2.22. The van der Waals surface area contributed by atoms with Crippen LogP contribution >= 0.6 is 11.8 Å². The largest absolute Gasteiger partial charge is 0.342 e. The van der Waals surface area contributed by atoms with Gasteiger partial charge in [-0.1, -0.05) is 0 Å². The van der Waals surface area contributed by atoms with E-state index in [1.165, 1.54) is 12.2 Å². The molecule has 3 nitrogen and oxygen atoms in total. The lowest BCUT2D eigenvalue weighted by atomic mass is 9.75. The Hall–Kier alpha value is -0.220. The predicted molar refractivity (Wildman–Crippen MR) is 63.9 cm³/mol.